The van der Waals surface area contributed by atoms with Crippen LogP contribution in [0.25, 0.3) is 0 Å². The Bertz CT molecular complexity index is 314. The molecule has 0 aliphatic rings. The number of rotatable bonds is 2. The number of aromatic nitrogens is 1. The van der Waals surface area contributed by atoms with Crippen LogP contribution in [0.5, 0.6) is 0 Å². The van der Waals surface area contributed by atoms with E-state index in [0.717, 1.165) is 0 Å². The second-order valence-electron chi connectivity index (χ2n) is 2.15. The van der Waals surface area contributed by atoms with Crippen LogP contribution in [0.1, 0.15) is 10.4 Å². The zero-order valence-electron chi connectivity index (χ0n) is 6.05. The summed E-state index contributed by atoms with van der Waals surface area (Å²) in [6, 6.07) is 1.45. The van der Waals surface area contributed by atoms with Crippen molar-refractivity contribution in [1.29, 1.82) is 0 Å². The van der Waals surface area contributed by atoms with Crippen LogP contribution in [0.4, 0.5) is 5.82 Å². The van der Waals surface area contributed by atoms with Gasteiger partial charge in [0.2, 0.25) is 0 Å². The third-order valence-electron chi connectivity index (χ3n) is 1.31. The summed E-state index contributed by atoms with van der Waals surface area (Å²) >= 11 is 11.0. The number of carbonyl (C=O) groups is 1. The van der Waals surface area contributed by atoms with Crippen molar-refractivity contribution in [1.82, 2.24) is 4.98 Å². The summed E-state index contributed by atoms with van der Waals surface area (Å²) in [5, 5.41) is 0.269. The highest BCUT2D eigenvalue weighted by Gasteiger charge is 2.06. The first-order valence-corrected chi connectivity index (χ1v) is 4.06. The molecule has 5 heteroatoms. The lowest BCUT2D eigenvalue weighted by atomic mass is 10.2. The van der Waals surface area contributed by atoms with Crippen LogP contribution < -0.4 is 5.73 Å². The minimum Gasteiger partial charge on any atom is -0.382 e. The van der Waals surface area contributed by atoms with Crippen molar-refractivity contribution >= 4 is 34.8 Å². The maximum Gasteiger partial charge on any atom is 0.179 e. The van der Waals surface area contributed by atoms with E-state index in [9.17, 15) is 4.79 Å². The first-order chi connectivity index (χ1) is 5.65. The standard InChI is InChI=1S/C7H6Cl2N2O/c8-2-6(12)4-1-5(9)7(10)11-3-4/h1,3H,2H2,(H2,10,11). The minimum atomic E-state index is -0.217. The molecule has 1 aromatic rings. The largest absolute Gasteiger partial charge is 0.382 e. The van der Waals surface area contributed by atoms with Crippen molar-refractivity contribution in [3.05, 3.63) is 22.8 Å². The number of Topliss-reactive ketones (excluding diaryl/α,β-unsaturated/α-hetero) is 1. The maximum absolute atomic E-state index is 11.0. The highest BCUT2D eigenvalue weighted by atomic mass is 35.5. The van der Waals surface area contributed by atoms with Gasteiger partial charge in [0.25, 0.3) is 0 Å². The molecule has 0 saturated heterocycles. The van der Waals surface area contributed by atoms with E-state index in [1.807, 2.05) is 0 Å². The number of hydrogen-bond donors (Lipinski definition) is 1. The van der Waals surface area contributed by atoms with E-state index in [1.54, 1.807) is 0 Å². The van der Waals surface area contributed by atoms with Crippen LogP contribution in [0, 0.1) is 0 Å². The Morgan fingerprint density at radius 2 is 2.33 bits per heavy atom. The summed E-state index contributed by atoms with van der Waals surface area (Å²) in [6.45, 7) is 0. The first kappa shape index (κ1) is 9.29. The quantitative estimate of drug-likeness (QED) is 0.590. The van der Waals surface area contributed by atoms with E-state index < -0.39 is 0 Å². The van der Waals surface area contributed by atoms with Crippen molar-refractivity contribution in [2.24, 2.45) is 0 Å². The summed E-state index contributed by atoms with van der Waals surface area (Å²) in [4.78, 5) is 14.7. The molecule has 64 valence electrons. The molecule has 1 heterocycles. The van der Waals surface area contributed by atoms with Gasteiger partial charge in [0, 0.05) is 11.8 Å². The van der Waals surface area contributed by atoms with Crippen LogP contribution >= 0.6 is 23.2 Å². The number of nitrogens with zero attached hydrogens (tertiary/aromatic N) is 1. The highest BCUT2D eigenvalue weighted by molar-refractivity contribution is 6.34. The molecule has 0 amide bonds. The Labute approximate surface area is 79.5 Å². The van der Waals surface area contributed by atoms with Gasteiger partial charge < -0.3 is 5.73 Å². The van der Waals surface area contributed by atoms with Crippen LogP contribution in [0.3, 0.4) is 0 Å². The molecule has 3 nitrogen and oxygen atoms in total. The van der Waals surface area contributed by atoms with Crippen LogP contribution in [0.2, 0.25) is 5.02 Å². The lowest BCUT2D eigenvalue weighted by molar-refractivity contribution is 0.102. The van der Waals surface area contributed by atoms with Gasteiger partial charge in [-0.25, -0.2) is 4.98 Å². The van der Waals surface area contributed by atoms with Gasteiger partial charge >= 0.3 is 0 Å². The maximum atomic E-state index is 11.0. The molecule has 0 bridgehead atoms. The minimum absolute atomic E-state index is 0.0814. The molecule has 12 heavy (non-hydrogen) atoms. The van der Waals surface area contributed by atoms with Crippen molar-refractivity contribution in [2.75, 3.05) is 11.6 Å². The zero-order chi connectivity index (χ0) is 9.14. The fourth-order valence-electron chi connectivity index (χ4n) is 0.678. The van der Waals surface area contributed by atoms with Gasteiger partial charge in [-0.2, -0.15) is 0 Å². The molecule has 0 radical (unpaired) electrons. The summed E-state index contributed by atoms with van der Waals surface area (Å²) in [5.74, 6) is -0.0871. The molecule has 0 unspecified atom stereocenters. The lowest BCUT2D eigenvalue weighted by Gasteiger charge is -1.99. The number of alkyl halides is 1. The van der Waals surface area contributed by atoms with E-state index in [0.29, 0.717) is 5.56 Å². The molecular weight excluding hydrogens is 199 g/mol. The van der Waals surface area contributed by atoms with Crippen molar-refractivity contribution in [3.8, 4) is 0 Å². The van der Waals surface area contributed by atoms with Gasteiger partial charge in [-0.3, -0.25) is 4.79 Å². The fourth-order valence-corrected chi connectivity index (χ4v) is 0.999. The Morgan fingerprint density at radius 1 is 1.67 bits per heavy atom. The molecule has 1 rings (SSSR count). The van der Waals surface area contributed by atoms with Crippen molar-refractivity contribution < 1.29 is 4.79 Å². The van der Waals surface area contributed by atoms with E-state index in [1.165, 1.54) is 12.3 Å². The smallest absolute Gasteiger partial charge is 0.179 e. The van der Waals surface area contributed by atoms with Crippen LogP contribution in [-0.4, -0.2) is 16.6 Å². The third kappa shape index (κ3) is 1.87. The fraction of sp³-hybridized carbons (Fsp3) is 0.143. The molecule has 0 fully saturated rings. The molecule has 0 aliphatic carbocycles. The summed E-state index contributed by atoms with van der Waals surface area (Å²) in [5.41, 5.74) is 5.72. The van der Waals surface area contributed by atoms with Crippen molar-refractivity contribution in [3.63, 3.8) is 0 Å². The summed E-state index contributed by atoms with van der Waals surface area (Å²) in [7, 11) is 0. The van der Waals surface area contributed by atoms with E-state index >= 15 is 0 Å². The second-order valence-corrected chi connectivity index (χ2v) is 2.82. The lowest BCUT2D eigenvalue weighted by Crippen LogP contribution is -2.02. The first-order valence-electron chi connectivity index (χ1n) is 3.15. The molecule has 2 N–H and O–H groups in total. The summed E-state index contributed by atoms with van der Waals surface area (Å²) < 4.78 is 0. The predicted octanol–water partition coefficient (Wildman–Crippen LogP) is 1.74. The Balaban J connectivity index is 3.05. The summed E-state index contributed by atoms with van der Waals surface area (Å²) in [6.07, 6.45) is 1.35. The van der Waals surface area contributed by atoms with E-state index in [-0.39, 0.29) is 22.5 Å². The second kappa shape index (κ2) is 3.74. The number of ketones is 1. The van der Waals surface area contributed by atoms with E-state index in [2.05, 4.69) is 4.98 Å². The Kier molecular flexibility index (Phi) is 2.89. The van der Waals surface area contributed by atoms with Gasteiger partial charge in [0.1, 0.15) is 5.82 Å². The average Bonchev–Trinajstić information content (AvgIpc) is 2.08. The Morgan fingerprint density at radius 3 is 2.83 bits per heavy atom. The van der Waals surface area contributed by atoms with Gasteiger partial charge in [-0.15, -0.1) is 11.6 Å². The van der Waals surface area contributed by atoms with Crippen molar-refractivity contribution in [2.45, 2.75) is 0 Å². The molecule has 0 aliphatic heterocycles. The number of anilines is 1. The predicted molar refractivity (Wildman–Crippen MR) is 48.7 cm³/mol. The third-order valence-corrected chi connectivity index (χ3v) is 1.86. The van der Waals surface area contributed by atoms with Crippen LogP contribution in [-0.2, 0) is 0 Å². The number of halogens is 2. The highest BCUT2D eigenvalue weighted by Crippen LogP contribution is 2.16. The van der Waals surface area contributed by atoms with Gasteiger partial charge in [-0.1, -0.05) is 11.6 Å². The number of nitrogens with two attached hydrogens (primary N) is 1. The molecular formula is C7H6Cl2N2O. The topological polar surface area (TPSA) is 56.0 Å². The SMILES string of the molecule is Nc1ncc(C(=O)CCl)cc1Cl. The monoisotopic (exact) mass is 204 g/mol. The van der Waals surface area contributed by atoms with Gasteiger partial charge in [0.05, 0.1) is 10.9 Å². The Hall–Kier alpha value is -0.800. The van der Waals surface area contributed by atoms with Crippen LogP contribution in [0.15, 0.2) is 12.3 Å². The van der Waals surface area contributed by atoms with Gasteiger partial charge in [-0.05, 0) is 6.07 Å². The molecule has 0 atom stereocenters. The number of carbonyl (C=O) groups excluding carboxylic acids is 1. The number of nitrogen functional groups attached to an aromatic ring is 1. The average molecular weight is 205 g/mol. The van der Waals surface area contributed by atoms with Gasteiger partial charge in [0.15, 0.2) is 5.78 Å². The molecule has 0 aromatic carbocycles. The molecule has 0 spiro atoms. The molecule has 0 saturated carbocycles. The number of hydrogen-bond acceptors (Lipinski definition) is 3. The number of pyridine rings is 1. The van der Waals surface area contributed by atoms with E-state index in [4.69, 9.17) is 28.9 Å². The normalized spacial score (nSPS) is 9.83. The zero-order valence-corrected chi connectivity index (χ0v) is 7.56. The molecule has 1 aromatic heterocycles.